The van der Waals surface area contributed by atoms with Crippen LogP contribution in [0.3, 0.4) is 0 Å². The van der Waals surface area contributed by atoms with Crippen molar-refractivity contribution in [1.29, 1.82) is 0 Å². The van der Waals surface area contributed by atoms with Crippen molar-refractivity contribution in [2.45, 2.75) is 33.1 Å². The molecule has 0 aromatic heterocycles. The highest BCUT2D eigenvalue weighted by molar-refractivity contribution is 4.99. The molecule has 0 radical (unpaired) electrons. The highest BCUT2D eigenvalue weighted by Gasteiger charge is 2.50. The number of fused-ring (bicyclic) bond motifs is 1. The van der Waals surface area contributed by atoms with Gasteiger partial charge in [0.15, 0.2) is 0 Å². The molecular weight excluding hydrogens is 108 g/mol. The lowest BCUT2D eigenvalue weighted by molar-refractivity contribution is -0.0800. The van der Waals surface area contributed by atoms with Gasteiger partial charge in [-0.25, -0.2) is 0 Å². The summed E-state index contributed by atoms with van der Waals surface area (Å²) in [7, 11) is 0. The second kappa shape index (κ2) is 1.74. The Labute approximate surface area is 57.6 Å². The van der Waals surface area contributed by atoms with E-state index >= 15 is 0 Å². The van der Waals surface area contributed by atoms with Gasteiger partial charge in [-0.3, -0.25) is 0 Å². The van der Waals surface area contributed by atoms with E-state index < -0.39 is 0 Å². The molecule has 2 aliphatic carbocycles. The third kappa shape index (κ3) is 0.595. The third-order valence-corrected chi connectivity index (χ3v) is 3.63. The summed E-state index contributed by atoms with van der Waals surface area (Å²) in [5.74, 6) is 4.55. The van der Waals surface area contributed by atoms with Crippen molar-refractivity contribution < 1.29 is 0 Å². The first kappa shape index (κ1) is 5.76. The maximum Gasteiger partial charge on any atom is -0.0352 e. The van der Waals surface area contributed by atoms with Gasteiger partial charge >= 0.3 is 0 Å². The maximum atomic E-state index is 2.41. The lowest BCUT2D eigenvalue weighted by Gasteiger charge is -2.57. The van der Waals surface area contributed by atoms with Crippen molar-refractivity contribution in [2.24, 2.45) is 23.7 Å². The molecular formula is C9H16. The molecule has 0 nitrogen and oxygen atoms in total. The summed E-state index contributed by atoms with van der Waals surface area (Å²) in [5, 5.41) is 0. The SMILES string of the molecule is CCC1CC2C(C)CC12. The van der Waals surface area contributed by atoms with E-state index in [9.17, 15) is 0 Å². The summed E-state index contributed by atoms with van der Waals surface area (Å²) in [4.78, 5) is 0. The van der Waals surface area contributed by atoms with Gasteiger partial charge in [0.2, 0.25) is 0 Å². The van der Waals surface area contributed by atoms with Gasteiger partial charge < -0.3 is 0 Å². The maximum absolute atomic E-state index is 2.41. The summed E-state index contributed by atoms with van der Waals surface area (Å²) in [5.41, 5.74) is 0. The summed E-state index contributed by atoms with van der Waals surface area (Å²) >= 11 is 0. The van der Waals surface area contributed by atoms with Crippen LogP contribution in [0.5, 0.6) is 0 Å². The minimum atomic E-state index is 1.08. The minimum Gasteiger partial charge on any atom is -0.0651 e. The van der Waals surface area contributed by atoms with Gasteiger partial charge in [0.05, 0.1) is 0 Å². The fraction of sp³-hybridized carbons (Fsp3) is 1.00. The average Bonchev–Trinajstić information content (AvgIpc) is 1.83. The fourth-order valence-electron chi connectivity index (χ4n) is 2.75. The molecule has 4 unspecified atom stereocenters. The lowest BCUT2D eigenvalue weighted by Crippen LogP contribution is -2.49. The van der Waals surface area contributed by atoms with Gasteiger partial charge in [-0.15, -0.1) is 0 Å². The van der Waals surface area contributed by atoms with Crippen molar-refractivity contribution >= 4 is 0 Å². The Kier molecular flexibility index (Phi) is 1.12. The van der Waals surface area contributed by atoms with Crippen LogP contribution < -0.4 is 0 Å². The van der Waals surface area contributed by atoms with E-state index in [1.54, 1.807) is 12.8 Å². The third-order valence-electron chi connectivity index (χ3n) is 3.63. The van der Waals surface area contributed by atoms with E-state index in [1.165, 1.54) is 12.3 Å². The van der Waals surface area contributed by atoms with E-state index in [1.807, 2.05) is 0 Å². The number of hydrogen-bond acceptors (Lipinski definition) is 0. The summed E-state index contributed by atoms with van der Waals surface area (Å²) < 4.78 is 0. The Morgan fingerprint density at radius 3 is 2.33 bits per heavy atom. The molecule has 0 heterocycles. The van der Waals surface area contributed by atoms with E-state index in [4.69, 9.17) is 0 Å². The normalized spacial score (nSPS) is 55.3. The largest absolute Gasteiger partial charge is 0.0651 e. The van der Waals surface area contributed by atoms with Gasteiger partial charge in [-0.05, 0) is 36.5 Å². The molecule has 0 N–H and O–H groups in total. The quantitative estimate of drug-likeness (QED) is 0.504. The molecule has 0 aromatic carbocycles. The van der Waals surface area contributed by atoms with Gasteiger partial charge in [0.25, 0.3) is 0 Å². The Hall–Kier alpha value is 0. The molecule has 0 aliphatic heterocycles. The molecule has 2 rings (SSSR count). The van der Waals surface area contributed by atoms with Crippen LogP contribution in [0.25, 0.3) is 0 Å². The number of hydrogen-bond donors (Lipinski definition) is 0. The predicted octanol–water partition coefficient (Wildman–Crippen LogP) is 2.69. The van der Waals surface area contributed by atoms with Crippen LogP contribution in [0.4, 0.5) is 0 Å². The minimum absolute atomic E-state index is 1.08. The van der Waals surface area contributed by atoms with Crippen LogP contribution in [0.1, 0.15) is 33.1 Å². The van der Waals surface area contributed by atoms with Crippen molar-refractivity contribution in [2.75, 3.05) is 0 Å². The highest BCUT2D eigenvalue weighted by atomic mass is 14.5. The zero-order chi connectivity index (χ0) is 6.43. The first-order chi connectivity index (χ1) is 4.33. The highest BCUT2D eigenvalue weighted by Crippen LogP contribution is 2.58. The first-order valence-electron chi connectivity index (χ1n) is 4.33. The van der Waals surface area contributed by atoms with Gasteiger partial charge in [-0.1, -0.05) is 20.3 Å². The van der Waals surface area contributed by atoms with Crippen LogP contribution in [-0.4, -0.2) is 0 Å². The molecule has 4 atom stereocenters. The fourth-order valence-corrected chi connectivity index (χ4v) is 2.75. The van der Waals surface area contributed by atoms with Crippen molar-refractivity contribution in [3.8, 4) is 0 Å². The molecule has 0 bridgehead atoms. The van der Waals surface area contributed by atoms with Crippen LogP contribution in [-0.2, 0) is 0 Å². The zero-order valence-corrected chi connectivity index (χ0v) is 6.43. The smallest absolute Gasteiger partial charge is 0.0352 e. The van der Waals surface area contributed by atoms with E-state index in [2.05, 4.69) is 13.8 Å². The molecule has 2 saturated carbocycles. The van der Waals surface area contributed by atoms with Crippen molar-refractivity contribution in [3.63, 3.8) is 0 Å². The molecule has 0 amide bonds. The van der Waals surface area contributed by atoms with E-state index in [0.29, 0.717) is 0 Å². The molecule has 0 aromatic rings. The van der Waals surface area contributed by atoms with Gasteiger partial charge in [0, 0.05) is 0 Å². The Balaban J connectivity index is 1.88. The van der Waals surface area contributed by atoms with Crippen LogP contribution >= 0.6 is 0 Å². The monoisotopic (exact) mass is 124 g/mol. The Bertz CT molecular complexity index is 113. The van der Waals surface area contributed by atoms with Crippen LogP contribution in [0.2, 0.25) is 0 Å². The second-order valence-corrected chi connectivity index (χ2v) is 3.94. The Morgan fingerprint density at radius 1 is 1.22 bits per heavy atom. The predicted molar refractivity (Wildman–Crippen MR) is 39.2 cm³/mol. The van der Waals surface area contributed by atoms with Crippen LogP contribution in [0.15, 0.2) is 0 Å². The molecule has 2 fully saturated rings. The molecule has 0 heteroatoms. The van der Waals surface area contributed by atoms with E-state index in [0.717, 1.165) is 17.8 Å². The average molecular weight is 124 g/mol. The summed E-state index contributed by atoms with van der Waals surface area (Å²) in [6.45, 7) is 4.75. The van der Waals surface area contributed by atoms with Gasteiger partial charge in [0.1, 0.15) is 0 Å². The summed E-state index contributed by atoms with van der Waals surface area (Å²) in [6.07, 6.45) is 4.54. The molecule has 0 saturated heterocycles. The van der Waals surface area contributed by atoms with Crippen molar-refractivity contribution in [3.05, 3.63) is 0 Å². The topological polar surface area (TPSA) is 0 Å². The molecule has 9 heavy (non-hydrogen) atoms. The van der Waals surface area contributed by atoms with Crippen molar-refractivity contribution in [1.82, 2.24) is 0 Å². The second-order valence-electron chi connectivity index (χ2n) is 3.94. The molecule has 0 spiro atoms. The zero-order valence-electron chi connectivity index (χ0n) is 6.43. The first-order valence-corrected chi connectivity index (χ1v) is 4.33. The van der Waals surface area contributed by atoms with Crippen LogP contribution in [0, 0.1) is 23.7 Å². The lowest BCUT2D eigenvalue weighted by atomic mass is 9.48. The molecule has 2 aliphatic rings. The van der Waals surface area contributed by atoms with E-state index in [-0.39, 0.29) is 0 Å². The Morgan fingerprint density at radius 2 is 2.00 bits per heavy atom. The number of rotatable bonds is 1. The molecule has 52 valence electrons. The van der Waals surface area contributed by atoms with Gasteiger partial charge in [-0.2, -0.15) is 0 Å². The standard InChI is InChI=1S/C9H16/c1-3-7-5-8-6(2)4-9(7)8/h6-9H,3-5H2,1-2H3. The summed E-state index contributed by atoms with van der Waals surface area (Å²) in [6, 6.07) is 0.